The largest absolute Gasteiger partial charge is 0.460 e. The molecule has 2 heterocycles. The SMILES string of the molecule is CN(C)Cc1ccc(C2CCCN2Cc2cc3ccccc3o2)cc1. The molecule has 0 aliphatic carbocycles. The Morgan fingerprint density at radius 1 is 1.08 bits per heavy atom. The lowest BCUT2D eigenvalue weighted by atomic mass is 10.0. The summed E-state index contributed by atoms with van der Waals surface area (Å²) in [6, 6.07) is 20.1. The smallest absolute Gasteiger partial charge is 0.134 e. The molecule has 1 saturated heterocycles. The maximum absolute atomic E-state index is 6.03. The molecule has 3 nitrogen and oxygen atoms in total. The fourth-order valence-electron chi connectivity index (χ4n) is 3.92. The molecule has 4 rings (SSSR count). The first-order chi connectivity index (χ1) is 12.2. The summed E-state index contributed by atoms with van der Waals surface area (Å²) in [4.78, 5) is 4.76. The lowest BCUT2D eigenvalue weighted by molar-refractivity contribution is 0.230. The average molecular weight is 334 g/mol. The van der Waals surface area contributed by atoms with Gasteiger partial charge in [0.2, 0.25) is 0 Å². The monoisotopic (exact) mass is 334 g/mol. The van der Waals surface area contributed by atoms with Gasteiger partial charge in [-0.1, -0.05) is 42.5 Å². The van der Waals surface area contributed by atoms with Gasteiger partial charge in [-0.3, -0.25) is 4.90 Å². The van der Waals surface area contributed by atoms with Crippen molar-refractivity contribution >= 4 is 11.0 Å². The molecule has 1 unspecified atom stereocenters. The molecule has 0 bridgehead atoms. The minimum Gasteiger partial charge on any atom is -0.460 e. The van der Waals surface area contributed by atoms with E-state index in [1.54, 1.807) is 0 Å². The molecule has 25 heavy (non-hydrogen) atoms. The quantitative estimate of drug-likeness (QED) is 0.666. The third-order valence-corrected chi connectivity index (χ3v) is 5.06. The molecule has 130 valence electrons. The van der Waals surface area contributed by atoms with E-state index < -0.39 is 0 Å². The van der Waals surface area contributed by atoms with Gasteiger partial charge in [-0.2, -0.15) is 0 Å². The minimum atomic E-state index is 0.501. The second-order valence-corrected chi connectivity index (χ2v) is 7.36. The summed E-state index contributed by atoms with van der Waals surface area (Å²) in [5, 5.41) is 1.20. The minimum absolute atomic E-state index is 0.501. The number of hydrogen-bond donors (Lipinski definition) is 0. The molecule has 3 heteroatoms. The second-order valence-electron chi connectivity index (χ2n) is 7.36. The molecule has 1 aromatic heterocycles. The lowest BCUT2D eigenvalue weighted by Gasteiger charge is -2.24. The molecule has 1 fully saturated rings. The van der Waals surface area contributed by atoms with Crippen LogP contribution >= 0.6 is 0 Å². The molecule has 0 radical (unpaired) electrons. The number of para-hydroxylation sites is 1. The molecule has 2 aromatic carbocycles. The molecule has 0 saturated carbocycles. The number of nitrogens with zero attached hydrogens (tertiary/aromatic N) is 2. The normalized spacial score (nSPS) is 18.4. The Hall–Kier alpha value is -2.10. The van der Waals surface area contributed by atoms with Crippen molar-refractivity contribution in [1.82, 2.24) is 9.80 Å². The predicted molar refractivity (Wildman–Crippen MR) is 102 cm³/mol. The van der Waals surface area contributed by atoms with Crippen molar-refractivity contribution in [1.29, 1.82) is 0 Å². The van der Waals surface area contributed by atoms with Crippen molar-refractivity contribution in [3.8, 4) is 0 Å². The molecule has 0 spiro atoms. The summed E-state index contributed by atoms with van der Waals surface area (Å²) in [5.41, 5.74) is 3.79. The predicted octanol–water partition coefficient (Wildman–Crippen LogP) is 4.83. The van der Waals surface area contributed by atoms with E-state index in [4.69, 9.17) is 4.42 Å². The zero-order valence-electron chi connectivity index (χ0n) is 15.1. The van der Waals surface area contributed by atoms with E-state index >= 15 is 0 Å². The molecule has 3 aromatic rings. The highest BCUT2D eigenvalue weighted by molar-refractivity contribution is 5.77. The number of hydrogen-bond acceptors (Lipinski definition) is 3. The number of likely N-dealkylation sites (tertiary alicyclic amines) is 1. The summed E-state index contributed by atoms with van der Waals surface area (Å²) in [5.74, 6) is 1.07. The Morgan fingerprint density at radius 2 is 1.88 bits per heavy atom. The first kappa shape index (κ1) is 16.4. The van der Waals surface area contributed by atoms with E-state index in [0.717, 1.165) is 31.0 Å². The van der Waals surface area contributed by atoms with Crippen LogP contribution in [0, 0.1) is 0 Å². The summed E-state index contributed by atoms with van der Waals surface area (Å²) >= 11 is 0. The lowest BCUT2D eigenvalue weighted by Crippen LogP contribution is -2.22. The van der Waals surface area contributed by atoms with Gasteiger partial charge >= 0.3 is 0 Å². The molecule has 0 amide bonds. The molecule has 1 aliphatic rings. The van der Waals surface area contributed by atoms with Gasteiger partial charge in [0.1, 0.15) is 11.3 Å². The van der Waals surface area contributed by atoms with E-state index in [-0.39, 0.29) is 0 Å². The zero-order chi connectivity index (χ0) is 17.2. The highest BCUT2D eigenvalue weighted by Crippen LogP contribution is 2.34. The van der Waals surface area contributed by atoms with Crippen molar-refractivity contribution in [2.24, 2.45) is 0 Å². The number of fused-ring (bicyclic) bond motifs is 1. The van der Waals surface area contributed by atoms with Gasteiger partial charge < -0.3 is 9.32 Å². The fourth-order valence-corrected chi connectivity index (χ4v) is 3.92. The third kappa shape index (κ3) is 3.63. The standard InChI is InChI=1S/C22H26N2O/c1-23(2)15-17-9-11-18(12-10-17)21-7-5-13-24(21)16-20-14-19-6-3-4-8-22(19)25-20/h3-4,6,8-12,14,21H,5,7,13,15-16H2,1-2H3. The van der Waals surface area contributed by atoms with Gasteiger partial charge in [-0.25, -0.2) is 0 Å². The van der Waals surface area contributed by atoms with E-state index in [1.807, 2.05) is 12.1 Å². The van der Waals surface area contributed by atoms with E-state index in [1.165, 1.54) is 29.4 Å². The van der Waals surface area contributed by atoms with Gasteiger partial charge in [0, 0.05) is 18.0 Å². The summed E-state index contributed by atoms with van der Waals surface area (Å²) in [7, 11) is 4.22. The second kappa shape index (κ2) is 7.03. The van der Waals surface area contributed by atoms with Crippen LogP contribution in [0.1, 0.15) is 35.8 Å². The fraction of sp³-hybridized carbons (Fsp3) is 0.364. The first-order valence-electron chi connectivity index (χ1n) is 9.14. The summed E-state index contributed by atoms with van der Waals surface area (Å²) < 4.78 is 6.03. The molecular weight excluding hydrogens is 308 g/mol. The Balaban J connectivity index is 1.50. The van der Waals surface area contributed by atoms with Crippen molar-refractivity contribution in [2.75, 3.05) is 20.6 Å². The Kier molecular flexibility index (Phi) is 4.60. The van der Waals surface area contributed by atoms with Crippen LogP contribution in [0.25, 0.3) is 11.0 Å². The molecule has 1 atom stereocenters. The number of furan rings is 1. The van der Waals surface area contributed by atoms with E-state index in [2.05, 4.69) is 66.4 Å². The van der Waals surface area contributed by atoms with Crippen molar-refractivity contribution in [3.63, 3.8) is 0 Å². The van der Waals surface area contributed by atoms with Gasteiger partial charge in [0.15, 0.2) is 0 Å². The highest BCUT2D eigenvalue weighted by Gasteiger charge is 2.26. The van der Waals surface area contributed by atoms with Crippen molar-refractivity contribution < 1.29 is 4.42 Å². The van der Waals surface area contributed by atoms with Crippen LogP contribution in [-0.2, 0) is 13.1 Å². The topological polar surface area (TPSA) is 19.6 Å². The van der Waals surface area contributed by atoms with Crippen molar-refractivity contribution in [3.05, 3.63) is 71.5 Å². The molecular formula is C22H26N2O. The van der Waals surface area contributed by atoms with Crippen LogP contribution in [0.4, 0.5) is 0 Å². The maximum atomic E-state index is 6.03. The molecule has 1 aliphatic heterocycles. The Labute approximate surface area is 149 Å². The van der Waals surface area contributed by atoms with Gasteiger partial charge in [0.05, 0.1) is 6.54 Å². The van der Waals surface area contributed by atoms with Crippen LogP contribution in [0.2, 0.25) is 0 Å². The van der Waals surface area contributed by atoms with Gasteiger partial charge in [-0.05, 0) is 56.7 Å². The van der Waals surface area contributed by atoms with Crippen LogP contribution < -0.4 is 0 Å². The van der Waals surface area contributed by atoms with Crippen LogP contribution in [-0.4, -0.2) is 30.4 Å². The van der Waals surface area contributed by atoms with Crippen LogP contribution in [0.15, 0.2) is 59.0 Å². The Bertz CT molecular complexity index is 802. The van der Waals surface area contributed by atoms with Crippen molar-refractivity contribution in [2.45, 2.75) is 32.0 Å². The van der Waals surface area contributed by atoms with Crippen LogP contribution in [0.3, 0.4) is 0 Å². The first-order valence-corrected chi connectivity index (χ1v) is 9.14. The van der Waals surface area contributed by atoms with Crippen LogP contribution in [0.5, 0.6) is 0 Å². The number of rotatable bonds is 5. The highest BCUT2D eigenvalue weighted by atomic mass is 16.3. The molecule has 0 N–H and O–H groups in total. The zero-order valence-corrected chi connectivity index (χ0v) is 15.1. The van der Waals surface area contributed by atoms with Gasteiger partial charge in [-0.15, -0.1) is 0 Å². The Morgan fingerprint density at radius 3 is 2.64 bits per heavy atom. The van der Waals surface area contributed by atoms with E-state index in [0.29, 0.717) is 6.04 Å². The maximum Gasteiger partial charge on any atom is 0.134 e. The third-order valence-electron chi connectivity index (χ3n) is 5.06. The number of benzene rings is 2. The average Bonchev–Trinajstić information content (AvgIpc) is 3.21. The van der Waals surface area contributed by atoms with Gasteiger partial charge in [0.25, 0.3) is 0 Å². The summed E-state index contributed by atoms with van der Waals surface area (Å²) in [6.45, 7) is 3.02. The summed E-state index contributed by atoms with van der Waals surface area (Å²) in [6.07, 6.45) is 2.48. The van der Waals surface area contributed by atoms with E-state index in [9.17, 15) is 0 Å².